The van der Waals surface area contributed by atoms with Crippen LogP contribution in [0, 0.1) is 13.8 Å². The van der Waals surface area contributed by atoms with E-state index in [9.17, 15) is 5.11 Å². The Morgan fingerprint density at radius 1 is 1.25 bits per heavy atom. The molecule has 0 bridgehead atoms. The summed E-state index contributed by atoms with van der Waals surface area (Å²) in [6.45, 7) is 7.95. The van der Waals surface area contributed by atoms with Gasteiger partial charge in [-0.25, -0.2) is 0 Å². The van der Waals surface area contributed by atoms with E-state index in [4.69, 9.17) is 4.74 Å². The highest BCUT2D eigenvalue weighted by molar-refractivity contribution is 5.36. The Balaban J connectivity index is 2.52. The van der Waals surface area contributed by atoms with Gasteiger partial charge < -0.3 is 9.84 Å². The molecule has 0 spiro atoms. The third kappa shape index (κ3) is 2.54. The lowest BCUT2D eigenvalue weighted by atomic mass is 10.1. The first-order valence-corrected chi connectivity index (χ1v) is 6.68. The lowest BCUT2D eigenvalue weighted by Crippen LogP contribution is -2.15. The third-order valence-electron chi connectivity index (χ3n) is 3.28. The lowest BCUT2D eigenvalue weighted by Gasteiger charge is -2.18. The monoisotopic (exact) mass is 275 g/mol. The predicted molar refractivity (Wildman–Crippen MR) is 76.9 cm³/mol. The fourth-order valence-electron chi connectivity index (χ4n) is 2.33. The number of pyridine rings is 1. The third-order valence-corrected chi connectivity index (χ3v) is 3.28. The second kappa shape index (κ2) is 5.63. The first-order chi connectivity index (χ1) is 9.45. The van der Waals surface area contributed by atoms with Gasteiger partial charge in [0.15, 0.2) is 5.75 Å². The first-order valence-electron chi connectivity index (χ1n) is 6.68. The highest BCUT2D eigenvalue weighted by atomic mass is 16.5. The van der Waals surface area contributed by atoms with Crippen LogP contribution in [0.25, 0.3) is 0 Å². The normalized spacial score (nSPS) is 12.8. The molecule has 0 aliphatic carbocycles. The molecule has 5 nitrogen and oxygen atoms in total. The van der Waals surface area contributed by atoms with E-state index in [1.807, 2.05) is 33.8 Å². The maximum atomic E-state index is 10.7. The molecule has 20 heavy (non-hydrogen) atoms. The molecule has 2 heterocycles. The molecule has 0 aliphatic rings. The van der Waals surface area contributed by atoms with Crippen LogP contribution in [0.1, 0.15) is 48.5 Å². The summed E-state index contributed by atoms with van der Waals surface area (Å²) in [5.41, 5.74) is 3.30. The van der Waals surface area contributed by atoms with E-state index in [0.717, 1.165) is 11.1 Å². The van der Waals surface area contributed by atoms with Crippen LogP contribution >= 0.6 is 0 Å². The summed E-state index contributed by atoms with van der Waals surface area (Å²) in [5.74, 6) is 0.577. The van der Waals surface area contributed by atoms with Crippen molar-refractivity contribution in [2.24, 2.45) is 0 Å². The van der Waals surface area contributed by atoms with E-state index in [-0.39, 0.29) is 6.04 Å². The van der Waals surface area contributed by atoms with E-state index in [0.29, 0.717) is 17.1 Å². The van der Waals surface area contributed by atoms with Crippen molar-refractivity contribution in [2.75, 3.05) is 7.11 Å². The molecular formula is C15H21N3O2. The minimum Gasteiger partial charge on any atom is -0.493 e. The van der Waals surface area contributed by atoms with Crippen molar-refractivity contribution >= 4 is 0 Å². The van der Waals surface area contributed by atoms with Gasteiger partial charge in [-0.1, -0.05) is 6.07 Å². The average molecular weight is 275 g/mol. The summed E-state index contributed by atoms with van der Waals surface area (Å²) >= 11 is 0. The van der Waals surface area contributed by atoms with Crippen LogP contribution in [0.4, 0.5) is 0 Å². The van der Waals surface area contributed by atoms with Crippen molar-refractivity contribution in [2.45, 2.75) is 39.8 Å². The minimum atomic E-state index is -0.851. The van der Waals surface area contributed by atoms with Crippen molar-refractivity contribution < 1.29 is 9.84 Å². The van der Waals surface area contributed by atoms with E-state index in [1.54, 1.807) is 24.2 Å². The van der Waals surface area contributed by atoms with Gasteiger partial charge in [0, 0.05) is 12.2 Å². The van der Waals surface area contributed by atoms with Gasteiger partial charge in [-0.2, -0.15) is 5.10 Å². The van der Waals surface area contributed by atoms with Crippen LogP contribution in [0.2, 0.25) is 0 Å². The summed E-state index contributed by atoms with van der Waals surface area (Å²) in [5, 5.41) is 15.0. The maximum Gasteiger partial charge on any atom is 0.163 e. The lowest BCUT2D eigenvalue weighted by molar-refractivity contribution is 0.194. The molecule has 0 amide bonds. The number of aryl methyl sites for hydroxylation is 2. The van der Waals surface area contributed by atoms with Crippen LogP contribution in [0.15, 0.2) is 18.5 Å². The Labute approximate surface area is 119 Å². The zero-order valence-corrected chi connectivity index (χ0v) is 12.6. The van der Waals surface area contributed by atoms with Gasteiger partial charge in [-0.3, -0.25) is 9.67 Å². The Morgan fingerprint density at radius 2 is 1.95 bits per heavy atom. The fourth-order valence-corrected chi connectivity index (χ4v) is 2.33. The zero-order valence-electron chi connectivity index (χ0n) is 12.6. The Bertz CT molecular complexity index is 605. The summed E-state index contributed by atoms with van der Waals surface area (Å²) < 4.78 is 7.08. The molecule has 1 N–H and O–H groups in total. The predicted octanol–water partition coefficient (Wildman–Crippen LogP) is 2.57. The number of methoxy groups -OCH3 is 1. The van der Waals surface area contributed by atoms with Crippen molar-refractivity contribution in [3.8, 4) is 5.75 Å². The molecule has 0 fully saturated rings. The van der Waals surface area contributed by atoms with Crippen molar-refractivity contribution in [3.63, 3.8) is 0 Å². The Morgan fingerprint density at radius 3 is 2.50 bits per heavy atom. The molecule has 0 radical (unpaired) electrons. The number of ether oxygens (including phenoxy) is 1. The zero-order chi connectivity index (χ0) is 14.9. The van der Waals surface area contributed by atoms with E-state index in [2.05, 4.69) is 10.1 Å². The molecule has 2 rings (SSSR count). The minimum absolute atomic E-state index is 0.134. The molecule has 0 aliphatic heterocycles. The van der Waals surface area contributed by atoms with Crippen molar-refractivity contribution in [1.82, 2.24) is 14.8 Å². The number of aliphatic hydroxyl groups excluding tert-OH is 1. The molecule has 0 saturated heterocycles. The molecule has 2 aromatic rings. The molecule has 1 atom stereocenters. The standard InChI is InChI=1S/C15H21N3O2/c1-9(2)18-14(12(20-5)8-17-18)15(19)13-11(4)6-10(3)7-16-13/h6-9,15,19H,1-5H3. The van der Waals surface area contributed by atoms with Crippen LogP contribution in [0.3, 0.4) is 0 Å². The molecule has 2 aromatic heterocycles. The second-order valence-electron chi connectivity index (χ2n) is 5.25. The molecular weight excluding hydrogens is 254 g/mol. The first kappa shape index (κ1) is 14.5. The fraction of sp³-hybridized carbons (Fsp3) is 0.467. The molecule has 0 saturated carbocycles. The van der Waals surface area contributed by atoms with Crippen molar-refractivity contribution in [1.29, 1.82) is 0 Å². The van der Waals surface area contributed by atoms with Gasteiger partial charge >= 0.3 is 0 Å². The molecule has 108 valence electrons. The van der Waals surface area contributed by atoms with E-state index in [1.165, 1.54) is 0 Å². The summed E-state index contributed by atoms with van der Waals surface area (Å²) in [6.07, 6.45) is 2.53. The molecule has 1 unspecified atom stereocenters. The van der Waals surface area contributed by atoms with E-state index >= 15 is 0 Å². The maximum absolute atomic E-state index is 10.7. The second-order valence-corrected chi connectivity index (χ2v) is 5.25. The van der Waals surface area contributed by atoms with Gasteiger partial charge in [0.1, 0.15) is 11.8 Å². The average Bonchev–Trinajstić information content (AvgIpc) is 2.81. The SMILES string of the molecule is COc1cnn(C(C)C)c1C(O)c1ncc(C)cc1C. The smallest absolute Gasteiger partial charge is 0.163 e. The quantitative estimate of drug-likeness (QED) is 0.931. The number of nitrogens with zero attached hydrogens (tertiary/aromatic N) is 3. The van der Waals surface area contributed by atoms with Gasteiger partial charge in [0.05, 0.1) is 19.0 Å². The summed E-state index contributed by atoms with van der Waals surface area (Å²) in [6, 6.07) is 2.14. The van der Waals surface area contributed by atoms with Crippen LogP contribution in [-0.4, -0.2) is 27.0 Å². The largest absolute Gasteiger partial charge is 0.493 e. The topological polar surface area (TPSA) is 60.2 Å². The van der Waals surface area contributed by atoms with Crippen LogP contribution < -0.4 is 4.74 Å². The van der Waals surface area contributed by atoms with Crippen LogP contribution in [0.5, 0.6) is 5.75 Å². The summed E-state index contributed by atoms with van der Waals surface area (Å²) in [4.78, 5) is 4.36. The van der Waals surface area contributed by atoms with Gasteiger partial charge in [0.25, 0.3) is 0 Å². The highest BCUT2D eigenvalue weighted by Crippen LogP contribution is 2.32. The molecule has 5 heteroatoms. The van der Waals surface area contributed by atoms with Gasteiger partial charge in [-0.15, -0.1) is 0 Å². The van der Waals surface area contributed by atoms with Crippen LogP contribution in [-0.2, 0) is 0 Å². The number of rotatable bonds is 4. The highest BCUT2D eigenvalue weighted by Gasteiger charge is 2.25. The number of hydrogen-bond donors (Lipinski definition) is 1. The van der Waals surface area contributed by atoms with Gasteiger partial charge in [0.2, 0.25) is 0 Å². The van der Waals surface area contributed by atoms with Crippen molar-refractivity contribution in [3.05, 3.63) is 41.0 Å². The van der Waals surface area contributed by atoms with Gasteiger partial charge in [-0.05, 0) is 38.8 Å². The number of hydrogen-bond acceptors (Lipinski definition) is 4. The van der Waals surface area contributed by atoms with E-state index < -0.39 is 6.10 Å². The Hall–Kier alpha value is -1.88. The molecule has 0 aromatic carbocycles. The number of aliphatic hydroxyl groups is 1. The number of aromatic nitrogens is 3. The summed E-state index contributed by atoms with van der Waals surface area (Å²) in [7, 11) is 1.58. The Kier molecular flexibility index (Phi) is 4.09.